The molecular weight excluding hydrogens is 188 g/mol. The molecule has 0 aromatic carbocycles. The van der Waals surface area contributed by atoms with Crippen molar-refractivity contribution >= 4 is 5.78 Å². The molecule has 88 valence electrons. The van der Waals surface area contributed by atoms with E-state index >= 15 is 0 Å². The SMILES string of the molecule is CCC=C(C)CN(CCC)CC(=O)CN. The standard InChI is InChI=1S/C12H24N2O/c1-4-6-11(3)9-14(7-5-2)10-12(15)8-13/h6H,4-5,7-10,13H2,1-3H3. The largest absolute Gasteiger partial charge is 0.324 e. The highest BCUT2D eigenvalue weighted by atomic mass is 16.1. The van der Waals surface area contributed by atoms with Crippen molar-refractivity contribution in [1.29, 1.82) is 0 Å². The van der Waals surface area contributed by atoms with Gasteiger partial charge in [-0.25, -0.2) is 0 Å². The predicted octanol–water partition coefficient (Wildman–Crippen LogP) is 1.58. The summed E-state index contributed by atoms with van der Waals surface area (Å²) in [4.78, 5) is 13.4. The van der Waals surface area contributed by atoms with Crippen LogP contribution in [-0.2, 0) is 4.79 Å². The summed E-state index contributed by atoms with van der Waals surface area (Å²) >= 11 is 0. The molecule has 0 fully saturated rings. The normalized spacial score (nSPS) is 12.2. The number of nitrogens with two attached hydrogens (primary N) is 1. The van der Waals surface area contributed by atoms with E-state index in [1.807, 2.05) is 0 Å². The van der Waals surface area contributed by atoms with E-state index in [4.69, 9.17) is 5.73 Å². The Morgan fingerprint density at radius 3 is 2.47 bits per heavy atom. The molecular formula is C12H24N2O. The van der Waals surface area contributed by atoms with E-state index in [0.717, 1.165) is 25.9 Å². The van der Waals surface area contributed by atoms with Gasteiger partial charge in [0.2, 0.25) is 0 Å². The highest BCUT2D eigenvalue weighted by molar-refractivity contribution is 5.82. The van der Waals surface area contributed by atoms with Gasteiger partial charge in [0.1, 0.15) is 0 Å². The number of allylic oxidation sites excluding steroid dienone is 1. The number of hydrogen-bond acceptors (Lipinski definition) is 3. The summed E-state index contributed by atoms with van der Waals surface area (Å²) < 4.78 is 0. The van der Waals surface area contributed by atoms with Gasteiger partial charge in [-0.05, 0) is 26.3 Å². The first kappa shape index (κ1) is 14.3. The summed E-state index contributed by atoms with van der Waals surface area (Å²) in [6.07, 6.45) is 4.32. The van der Waals surface area contributed by atoms with Gasteiger partial charge in [-0.1, -0.05) is 25.5 Å². The van der Waals surface area contributed by atoms with Crippen LogP contribution in [0.5, 0.6) is 0 Å². The second-order valence-electron chi connectivity index (χ2n) is 3.91. The second-order valence-corrected chi connectivity index (χ2v) is 3.91. The molecule has 0 bridgehead atoms. The average molecular weight is 212 g/mol. The number of ketones is 1. The number of Topliss-reactive ketones (excluding diaryl/α,β-unsaturated/α-hetero) is 1. The Morgan fingerprint density at radius 2 is 2.00 bits per heavy atom. The zero-order valence-electron chi connectivity index (χ0n) is 10.3. The maximum absolute atomic E-state index is 11.3. The summed E-state index contributed by atoms with van der Waals surface area (Å²) in [5, 5.41) is 0. The Hall–Kier alpha value is -0.670. The third kappa shape index (κ3) is 7.28. The van der Waals surface area contributed by atoms with Gasteiger partial charge in [-0.3, -0.25) is 9.69 Å². The molecule has 0 saturated heterocycles. The van der Waals surface area contributed by atoms with Crippen LogP contribution in [0, 0.1) is 0 Å². The fourth-order valence-corrected chi connectivity index (χ4v) is 1.61. The topological polar surface area (TPSA) is 46.3 Å². The molecule has 0 radical (unpaired) electrons. The quantitative estimate of drug-likeness (QED) is 0.621. The summed E-state index contributed by atoms with van der Waals surface area (Å²) in [5.41, 5.74) is 6.64. The lowest BCUT2D eigenvalue weighted by atomic mass is 10.2. The Morgan fingerprint density at radius 1 is 1.33 bits per heavy atom. The van der Waals surface area contributed by atoms with Crippen LogP contribution in [0.25, 0.3) is 0 Å². The van der Waals surface area contributed by atoms with Gasteiger partial charge >= 0.3 is 0 Å². The summed E-state index contributed by atoms with van der Waals surface area (Å²) in [6, 6.07) is 0. The van der Waals surface area contributed by atoms with Crippen molar-refractivity contribution < 1.29 is 4.79 Å². The van der Waals surface area contributed by atoms with Gasteiger partial charge in [0.25, 0.3) is 0 Å². The molecule has 0 saturated carbocycles. The van der Waals surface area contributed by atoms with E-state index < -0.39 is 0 Å². The van der Waals surface area contributed by atoms with Crippen LogP contribution in [0.1, 0.15) is 33.6 Å². The maximum Gasteiger partial charge on any atom is 0.160 e. The third-order valence-electron chi connectivity index (χ3n) is 2.19. The molecule has 0 aromatic rings. The fourth-order valence-electron chi connectivity index (χ4n) is 1.61. The molecule has 0 unspecified atom stereocenters. The molecule has 0 amide bonds. The summed E-state index contributed by atoms with van der Waals surface area (Å²) in [5.74, 6) is 0.118. The Bertz CT molecular complexity index is 212. The molecule has 0 rings (SSSR count). The lowest BCUT2D eigenvalue weighted by Crippen LogP contribution is -2.34. The van der Waals surface area contributed by atoms with Crippen molar-refractivity contribution in [3.63, 3.8) is 0 Å². The van der Waals surface area contributed by atoms with Crippen molar-refractivity contribution in [3.8, 4) is 0 Å². The summed E-state index contributed by atoms with van der Waals surface area (Å²) in [7, 11) is 0. The van der Waals surface area contributed by atoms with Crippen molar-refractivity contribution in [2.45, 2.75) is 33.6 Å². The molecule has 15 heavy (non-hydrogen) atoms. The van der Waals surface area contributed by atoms with E-state index in [1.54, 1.807) is 0 Å². The highest BCUT2D eigenvalue weighted by Crippen LogP contribution is 2.01. The number of carbonyl (C=O) groups is 1. The molecule has 3 nitrogen and oxygen atoms in total. The van der Waals surface area contributed by atoms with Crippen LogP contribution in [0.2, 0.25) is 0 Å². The van der Waals surface area contributed by atoms with Gasteiger partial charge in [0, 0.05) is 6.54 Å². The van der Waals surface area contributed by atoms with Crippen molar-refractivity contribution in [1.82, 2.24) is 4.90 Å². The first-order valence-electron chi connectivity index (χ1n) is 5.73. The molecule has 0 aliphatic rings. The van der Waals surface area contributed by atoms with Crippen molar-refractivity contribution in [3.05, 3.63) is 11.6 Å². The molecule has 0 atom stereocenters. The van der Waals surface area contributed by atoms with Crippen LogP contribution in [-0.4, -0.2) is 36.9 Å². The molecule has 0 aliphatic heterocycles. The van der Waals surface area contributed by atoms with E-state index in [-0.39, 0.29) is 12.3 Å². The minimum Gasteiger partial charge on any atom is -0.324 e. The molecule has 0 aromatic heterocycles. The minimum absolute atomic E-state index is 0.118. The molecule has 0 heterocycles. The smallest absolute Gasteiger partial charge is 0.160 e. The monoisotopic (exact) mass is 212 g/mol. The molecule has 2 N–H and O–H groups in total. The maximum atomic E-state index is 11.3. The number of rotatable bonds is 8. The van der Waals surface area contributed by atoms with Crippen LogP contribution in [0.3, 0.4) is 0 Å². The first-order chi connectivity index (χ1) is 7.13. The highest BCUT2D eigenvalue weighted by Gasteiger charge is 2.08. The van der Waals surface area contributed by atoms with Crippen molar-refractivity contribution in [2.24, 2.45) is 5.73 Å². The second kappa shape index (κ2) is 8.62. The summed E-state index contributed by atoms with van der Waals surface area (Å²) in [6.45, 7) is 8.83. The first-order valence-corrected chi connectivity index (χ1v) is 5.73. The minimum atomic E-state index is 0.118. The van der Waals surface area contributed by atoms with Crippen LogP contribution >= 0.6 is 0 Å². The van der Waals surface area contributed by atoms with Gasteiger partial charge in [-0.2, -0.15) is 0 Å². The van der Waals surface area contributed by atoms with Crippen LogP contribution < -0.4 is 5.73 Å². The average Bonchev–Trinajstić information content (AvgIpc) is 2.18. The van der Waals surface area contributed by atoms with Crippen molar-refractivity contribution in [2.75, 3.05) is 26.2 Å². The van der Waals surface area contributed by atoms with E-state index in [0.29, 0.717) is 6.54 Å². The lowest BCUT2D eigenvalue weighted by molar-refractivity contribution is -0.118. The Labute approximate surface area is 93.3 Å². The fraction of sp³-hybridized carbons (Fsp3) is 0.750. The Balaban J connectivity index is 4.14. The number of carbonyl (C=O) groups excluding carboxylic acids is 1. The molecule has 3 heteroatoms. The zero-order chi connectivity index (χ0) is 11.7. The lowest BCUT2D eigenvalue weighted by Gasteiger charge is -2.20. The number of nitrogens with zero attached hydrogens (tertiary/aromatic N) is 1. The Kier molecular flexibility index (Phi) is 8.24. The van der Waals surface area contributed by atoms with Crippen LogP contribution in [0.15, 0.2) is 11.6 Å². The van der Waals surface area contributed by atoms with E-state index in [1.165, 1.54) is 5.57 Å². The molecule has 0 aliphatic carbocycles. The molecule has 0 spiro atoms. The zero-order valence-corrected chi connectivity index (χ0v) is 10.3. The number of hydrogen-bond donors (Lipinski definition) is 1. The van der Waals surface area contributed by atoms with E-state index in [2.05, 4.69) is 31.7 Å². The van der Waals surface area contributed by atoms with Crippen LogP contribution in [0.4, 0.5) is 0 Å². The third-order valence-corrected chi connectivity index (χ3v) is 2.19. The predicted molar refractivity (Wildman–Crippen MR) is 64.8 cm³/mol. The van der Waals surface area contributed by atoms with Gasteiger partial charge < -0.3 is 5.73 Å². The van der Waals surface area contributed by atoms with Gasteiger partial charge in [0.15, 0.2) is 5.78 Å². The van der Waals surface area contributed by atoms with Gasteiger partial charge in [-0.15, -0.1) is 0 Å². The van der Waals surface area contributed by atoms with E-state index in [9.17, 15) is 4.79 Å². The van der Waals surface area contributed by atoms with Gasteiger partial charge in [0.05, 0.1) is 13.1 Å².